The molecule has 0 aliphatic rings. The van der Waals surface area contributed by atoms with Crippen molar-refractivity contribution >= 4 is 23.5 Å². The van der Waals surface area contributed by atoms with Gasteiger partial charge in [0.1, 0.15) is 12.6 Å². The zero-order valence-electron chi connectivity index (χ0n) is 13.7. The number of hydrogen-bond donors (Lipinski definition) is 1. The summed E-state index contributed by atoms with van der Waals surface area (Å²) in [6.45, 7) is 3.86. The maximum Gasteiger partial charge on any atom is 0.329 e. The van der Waals surface area contributed by atoms with E-state index in [9.17, 15) is 9.59 Å². The third-order valence-corrected chi connectivity index (χ3v) is 3.79. The van der Waals surface area contributed by atoms with Crippen molar-refractivity contribution in [3.63, 3.8) is 0 Å². The van der Waals surface area contributed by atoms with E-state index in [1.54, 1.807) is 48.5 Å². The first-order chi connectivity index (χ1) is 11.5. The average Bonchev–Trinajstić information content (AvgIpc) is 2.59. The number of benzene rings is 2. The molecule has 0 saturated carbocycles. The first-order valence-electron chi connectivity index (χ1n) is 7.74. The monoisotopic (exact) mass is 345 g/mol. The zero-order valence-corrected chi connectivity index (χ0v) is 14.4. The topological polar surface area (TPSA) is 55.4 Å². The molecule has 4 nitrogen and oxygen atoms in total. The second-order valence-electron chi connectivity index (χ2n) is 5.80. The third-order valence-electron chi connectivity index (χ3n) is 3.54. The number of carbonyl (C=O) groups is 2. The molecule has 5 heteroatoms. The molecule has 2 rings (SSSR count). The van der Waals surface area contributed by atoms with Crippen LogP contribution in [0.5, 0.6) is 0 Å². The fraction of sp³-hybridized carbons (Fsp3) is 0.263. The molecule has 0 aliphatic heterocycles. The molecule has 1 atom stereocenters. The zero-order chi connectivity index (χ0) is 17.5. The molecule has 0 aromatic heterocycles. The molecule has 2 aromatic carbocycles. The number of rotatable bonds is 6. The van der Waals surface area contributed by atoms with Crippen LogP contribution in [0.25, 0.3) is 0 Å². The van der Waals surface area contributed by atoms with Gasteiger partial charge in [-0.25, -0.2) is 4.79 Å². The minimum atomic E-state index is -0.704. The van der Waals surface area contributed by atoms with Crippen LogP contribution in [-0.2, 0) is 16.1 Å². The normalized spacial score (nSPS) is 11.8. The predicted octanol–water partition coefficient (Wildman–Crippen LogP) is 3.84. The van der Waals surface area contributed by atoms with Gasteiger partial charge in [-0.15, -0.1) is 0 Å². The lowest BCUT2D eigenvalue weighted by molar-refractivity contribution is -0.148. The van der Waals surface area contributed by atoms with Gasteiger partial charge in [0, 0.05) is 10.6 Å². The molecule has 0 radical (unpaired) electrons. The molecule has 24 heavy (non-hydrogen) atoms. The average molecular weight is 346 g/mol. The molecule has 1 unspecified atom stereocenters. The third kappa shape index (κ3) is 5.10. The van der Waals surface area contributed by atoms with Crippen LogP contribution >= 0.6 is 11.6 Å². The van der Waals surface area contributed by atoms with Crippen molar-refractivity contribution < 1.29 is 14.3 Å². The highest BCUT2D eigenvalue weighted by atomic mass is 35.5. The van der Waals surface area contributed by atoms with Gasteiger partial charge in [-0.1, -0.05) is 55.8 Å². The van der Waals surface area contributed by atoms with Gasteiger partial charge in [-0.3, -0.25) is 4.79 Å². The molecule has 0 bridgehead atoms. The number of amides is 1. The van der Waals surface area contributed by atoms with Crippen molar-refractivity contribution in [2.45, 2.75) is 26.5 Å². The summed E-state index contributed by atoms with van der Waals surface area (Å²) in [5.41, 5.74) is 1.35. The summed E-state index contributed by atoms with van der Waals surface area (Å²) in [4.78, 5) is 24.6. The van der Waals surface area contributed by atoms with Crippen LogP contribution in [0.2, 0.25) is 5.02 Å². The summed E-state index contributed by atoms with van der Waals surface area (Å²) in [5.74, 6) is -0.836. The lowest BCUT2D eigenvalue weighted by Gasteiger charge is -2.21. The van der Waals surface area contributed by atoms with E-state index in [0.29, 0.717) is 10.6 Å². The quantitative estimate of drug-likeness (QED) is 0.809. The van der Waals surface area contributed by atoms with Gasteiger partial charge in [0.25, 0.3) is 5.91 Å². The van der Waals surface area contributed by atoms with E-state index in [-0.39, 0.29) is 18.4 Å². The summed E-state index contributed by atoms with van der Waals surface area (Å²) in [5, 5.41) is 3.37. The van der Waals surface area contributed by atoms with Crippen molar-refractivity contribution in [1.82, 2.24) is 5.32 Å². The summed E-state index contributed by atoms with van der Waals surface area (Å²) in [6, 6.07) is 15.1. The summed E-state index contributed by atoms with van der Waals surface area (Å²) in [7, 11) is 0. The molecule has 0 saturated heterocycles. The van der Waals surface area contributed by atoms with Crippen LogP contribution in [-0.4, -0.2) is 17.9 Å². The van der Waals surface area contributed by atoms with Crippen LogP contribution in [0.3, 0.4) is 0 Å². The maximum absolute atomic E-state index is 12.3. The van der Waals surface area contributed by atoms with Crippen LogP contribution in [0.1, 0.15) is 29.8 Å². The predicted molar refractivity (Wildman–Crippen MR) is 93.8 cm³/mol. The van der Waals surface area contributed by atoms with Gasteiger partial charge >= 0.3 is 5.97 Å². The largest absolute Gasteiger partial charge is 0.459 e. The Morgan fingerprint density at radius 3 is 2.25 bits per heavy atom. The second-order valence-corrected chi connectivity index (χ2v) is 6.23. The number of ether oxygens (including phenoxy) is 1. The van der Waals surface area contributed by atoms with Gasteiger partial charge in [0.2, 0.25) is 0 Å². The van der Waals surface area contributed by atoms with Gasteiger partial charge in [-0.05, 0) is 35.7 Å². The van der Waals surface area contributed by atoms with Gasteiger partial charge in [-0.2, -0.15) is 0 Å². The Morgan fingerprint density at radius 2 is 1.67 bits per heavy atom. The van der Waals surface area contributed by atoms with Gasteiger partial charge < -0.3 is 10.1 Å². The smallest absolute Gasteiger partial charge is 0.329 e. The Balaban J connectivity index is 1.97. The first-order valence-corrected chi connectivity index (χ1v) is 8.12. The highest BCUT2D eigenvalue weighted by Gasteiger charge is 2.26. The van der Waals surface area contributed by atoms with Crippen molar-refractivity contribution in [3.05, 3.63) is 70.7 Å². The molecule has 1 N–H and O–H groups in total. The lowest BCUT2D eigenvalue weighted by atomic mass is 10.0. The lowest BCUT2D eigenvalue weighted by Crippen LogP contribution is -2.45. The fourth-order valence-electron chi connectivity index (χ4n) is 2.14. The van der Waals surface area contributed by atoms with Crippen molar-refractivity contribution in [1.29, 1.82) is 0 Å². The van der Waals surface area contributed by atoms with Crippen LogP contribution in [0, 0.1) is 5.92 Å². The molecule has 126 valence electrons. The molecule has 0 spiro atoms. The van der Waals surface area contributed by atoms with E-state index >= 15 is 0 Å². The molecular formula is C19H20ClNO3. The highest BCUT2D eigenvalue weighted by Crippen LogP contribution is 2.12. The summed E-state index contributed by atoms with van der Waals surface area (Å²) in [6.07, 6.45) is 0. The Morgan fingerprint density at radius 1 is 1.04 bits per heavy atom. The minimum Gasteiger partial charge on any atom is -0.459 e. The second kappa shape index (κ2) is 8.50. The van der Waals surface area contributed by atoms with E-state index < -0.39 is 12.0 Å². The van der Waals surface area contributed by atoms with Crippen molar-refractivity contribution in [3.8, 4) is 0 Å². The highest BCUT2D eigenvalue weighted by molar-refractivity contribution is 6.30. The number of halogens is 1. The molecule has 0 aliphatic carbocycles. The SMILES string of the molecule is CC(C)C(NC(=O)c1ccccc1)C(=O)OCc1ccc(Cl)cc1. The molecule has 0 fully saturated rings. The maximum atomic E-state index is 12.3. The Labute approximate surface area is 146 Å². The van der Waals surface area contributed by atoms with Crippen LogP contribution in [0.4, 0.5) is 0 Å². The van der Waals surface area contributed by atoms with Crippen LogP contribution < -0.4 is 5.32 Å². The number of carbonyl (C=O) groups excluding carboxylic acids is 2. The van der Waals surface area contributed by atoms with E-state index in [4.69, 9.17) is 16.3 Å². The van der Waals surface area contributed by atoms with E-state index in [1.807, 2.05) is 19.9 Å². The van der Waals surface area contributed by atoms with E-state index in [1.165, 1.54) is 0 Å². The molecular weight excluding hydrogens is 326 g/mol. The van der Waals surface area contributed by atoms with Crippen LogP contribution in [0.15, 0.2) is 54.6 Å². The van der Waals surface area contributed by atoms with Gasteiger partial charge in [0.05, 0.1) is 0 Å². The molecule has 1 amide bonds. The fourth-order valence-corrected chi connectivity index (χ4v) is 2.26. The summed E-state index contributed by atoms with van der Waals surface area (Å²) >= 11 is 5.83. The Hall–Kier alpha value is -2.33. The molecule has 0 heterocycles. The van der Waals surface area contributed by atoms with E-state index in [2.05, 4.69) is 5.32 Å². The number of esters is 1. The van der Waals surface area contributed by atoms with E-state index in [0.717, 1.165) is 5.56 Å². The Kier molecular flexibility index (Phi) is 6.38. The van der Waals surface area contributed by atoms with Gasteiger partial charge in [0.15, 0.2) is 0 Å². The Bertz CT molecular complexity index is 684. The van der Waals surface area contributed by atoms with Crippen molar-refractivity contribution in [2.24, 2.45) is 5.92 Å². The number of nitrogens with one attached hydrogen (secondary N) is 1. The number of hydrogen-bond acceptors (Lipinski definition) is 3. The minimum absolute atomic E-state index is 0.0876. The molecule has 2 aromatic rings. The first kappa shape index (κ1) is 18.0. The standard InChI is InChI=1S/C19H20ClNO3/c1-13(2)17(21-18(22)15-6-4-3-5-7-15)19(23)24-12-14-8-10-16(20)11-9-14/h3-11,13,17H,12H2,1-2H3,(H,21,22). The van der Waals surface area contributed by atoms with Crippen molar-refractivity contribution in [2.75, 3.05) is 0 Å². The summed E-state index contributed by atoms with van der Waals surface area (Å²) < 4.78 is 5.33.